The van der Waals surface area contributed by atoms with E-state index < -0.39 is 36.0 Å². The second-order valence-corrected chi connectivity index (χ2v) is 6.74. The Morgan fingerprint density at radius 1 is 1.24 bits per heavy atom. The predicted octanol–water partition coefficient (Wildman–Crippen LogP) is 3.01. The molecule has 0 aliphatic heterocycles. The van der Waals surface area contributed by atoms with Crippen LogP contribution in [0.25, 0.3) is 11.0 Å². The predicted molar refractivity (Wildman–Crippen MR) is 110 cm³/mol. The van der Waals surface area contributed by atoms with Crippen LogP contribution < -0.4 is 15.8 Å². The van der Waals surface area contributed by atoms with Crippen LogP contribution in [0.4, 0.5) is 23.2 Å². The molecule has 1 heterocycles. The van der Waals surface area contributed by atoms with E-state index >= 15 is 0 Å². The summed E-state index contributed by atoms with van der Waals surface area (Å²) in [6.45, 7) is -1.37. The molecule has 33 heavy (non-hydrogen) atoms. The molecule has 4 N–H and O–H groups in total. The number of carboxylic acids is 1. The van der Waals surface area contributed by atoms with Crippen LogP contribution in [0.1, 0.15) is 26.3 Å². The van der Waals surface area contributed by atoms with Gasteiger partial charge in [0.05, 0.1) is 42.3 Å². The molecule has 12 heteroatoms. The Bertz CT molecular complexity index is 1310. The van der Waals surface area contributed by atoms with Crippen LogP contribution in [-0.2, 0) is 6.54 Å². The number of carbonyl (C=O) groups excluding carboxylic acids is 1. The molecule has 2 aromatic carbocycles. The topological polar surface area (TPSA) is 119 Å². The maximum absolute atomic E-state index is 13.9. The van der Waals surface area contributed by atoms with E-state index in [2.05, 4.69) is 22.1 Å². The Balaban J connectivity index is 1.88. The minimum atomic E-state index is -4.50. The van der Waals surface area contributed by atoms with E-state index in [1.165, 1.54) is 19.2 Å². The average molecular weight is 464 g/mol. The molecule has 0 radical (unpaired) electrons. The lowest BCUT2D eigenvalue weighted by molar-refractivity contribution is -0.139. The van der Waals surface area contributed by atoms with Crippen molar-refractivity contribution in [2.45, 2.75) is 12.7 Å². The van der Waals surface area contributed by atoms with Gasteiger partial charge in [0, 0.05) is 11.6 Å². The van der Waals surface area contributed by atoms with Crippen molar-refractivity contribution in [2.24, 2.45) is 5.73 Å². The first-order valence-electron chi connectivity index (χ1n) is 9.19. The molecule has 0 atom stereocenters. The number of carboxylic acid groups (broad SMARTS) is 1. The summed E-state index contributed by atoms with van der Waals surface area (Å²) in [5.74, 6) is 2.14. The van der Waals surface area contributed by atoms with Crippen molar-refractivity contribution in [3.8, 4) is 17.6 Å². The highest BCUT2D eigenvalue weighted by Gasteiger charge is 2.29. The number of carbonyl (C=O) groups is 2. The molecular weight excluding hydrogens is 448 g/mol. The van der Waals surface area contributed by atoms with Crippen molar-refractivity contribution in [1.29, 1.82) is 0 Å². The summed E-state index contributed by atoms with van der Waals surface area (Å²) in [6.07, 6.45) is -3.54. The van der Waals surface area contributed by atoms with Gasteiger partial charge in [0.15, 0.2) is 0 Å². The van der Waals surface area contributed by atoms with Gasteiger partial charge in [-0.3, -0.25) is 4.79 Å². The van der Waals surface area contributed by atoms with Gasteiger partial charge in [-0.05, 0) is 18.2 Å². The Labute approximate surface area is 184 Å². The zero-order valence-corrected chi connectivity index (χ0v) is 17.0. The first-order chi connectivity index (χ1) is 15.5. The molecular formula is C21H16F4N4O4. The number of amides is 1. The maximum atomic E-state index is 13.9. The molecule has 0 spiro atoms. The van der Waals surface area contributed by atoms with Gasteiger partial charge >= 0.3 is 12.1 Å². The number of nitrogens with zero attached hydrogens (tertiary/aromatic N) is 2. The van der Waals surface area contributed by atoms with Crippen molar-refractivity contribution in [1.82, 2.24) is 9.55 Å². The Morgan fingerprint density at radius 2 is 1.97 bits per heavy atom. The van der Waals surface area contributed by atoms with Crippen LogP contribution in [0.5, 0.6) is 5.75 Å². The third-order valence-corrected chi connectivity index (χ3v) is 4.46. The number of halogens is 4. The van der Waals surface area contributed by atoms with E-state index in [4.69, 9.17) is 15.6 Å². The quantitative estimate of drug-likeness (QED) is 0.381. The summed E-state index contributed by atoms with van der Waals surface area (Å²) in [5.41, 5.74) is 5.10. The average Bonchev–Trinajstić information content (AvgIpc) is 3.11. The largest absolute Gasteiger partial charge is 0.495 e. The number of benzene rings is 2. The van der Waals surface area contributed by atoms with E-state index in [1.807, 2.05) is 0 Å². The highest BCUT2D eigenvalue weighted by molar-refractivity contribution is 6.04. The van der Waals surface area contributed by atoms with Crippen LogP contribution in [0.3, 0.4) is 0 Å². The molecule has 3 rings (SSSR count). The summed E-state index contributed by atoms with van der Waals surface area (Å²) < 4.78 is 58.3. The van der Waals surface area contributed by atoms with Gasteiger partial charge in [0.1, 0.15) is 23.6 Å². The molecule has 8 nitrogen and oxygen atoms in total. The number of fused-ring (bicyclic) bond motifs is 1. The number of rotatable bonds is 6. The van der Waals surface area contributed by atoms with Gasteiger partial charge in [-0.2, -0.15) is 13.2 Å². The third kappa shape index (κ3) is 5.32. The highest BCUT2D eigenvalue weighted by Crippen LogP contribution is 2.28. The zero-order valence-electron chi connectivity index (χ0n) is 17.0. The molecule has 0 fully saturated rings. The molecule has 1 amide bonds. The lowest BCUT2D eigenvalue weighted by atomic mass is 10.1. The fourth-order valence-corrected chi connectivity index (χ4v) is 3.05. The van der Waals surface area contributed by atoms with Gasteiger partial charge < -0.3 is 25.5 Å². The number of aromatic nitrogens is 2. The fraction of sp³-hybridized carbons (Fsp3) is 0.190. The normalized spacial score (nSPS) is 11.1. The van der Waals surface area contributed by atoms with E-state index in [-0.39, 0.29) is 40.1 Å². The summed E-state index contributed by atoms with van der Waals surface area (Å²) in [7, 11) is 1.28. The minimum Gasteiger partial charge on any atom is -0.495 e. The Hall–Kier alpha value is -4.27. The molecule has 0 saturated heterocycles. The molecule has 1 aromatic heterocycles. The van der Waals surface area contributed by atoms with E-state index in [0.29, 0.717) is 0 Å². The molecule has 0 bridgehead atoms. The number of ether oxygens (including phenoxy) is 1. The van der Waals surface area contributed by atoms with Crippen molar-refractivity contribution in [2.75, 3.05) is 19.0 Å². The summed E-state index contributed by atoms with van der Waals surface area (Å²) in [4.78, 5) is 26.6. The van der Waals surface area contributed by atoms with Gasteiger partial charge in [-0.1, -0.05) is 11.8 Å². The number of nitrogens with one attached hydrogen (secondary N) is 1. The number of hydrogen-bond donors (Lipinski definition) is 3. The molecule has 0 saturated carbocycles. The second kappa shape index (κ2) is 9.07. The van der Waals surface area contributed by atoms with Crippen LogP contribution in [0, 0.1) is 17.7 Å². The second-order valence-electron chi connectivity index (χ2n) is 6.74. The summed E-state index contributed by atoms with van der Waals surface area (Å²) >= 11 is 0. The number of primary amides is 1. The standard InChI is InChI=1S/C21H16F4N4O4/c1-33-17-7-12(20(31)32)14(22)8-15(17)27-4-2-3-11-5-13(19(26)30)18-16(6-11)29(10-28-18)9-21(23,24)25/h5-8,10,27H,4,9H2,1H3,(H2,26,30)(H,31,32). The highest BCUT2D eigenvalue weighted by atomic mass is 19.4. The first-order valence-corrected chi connectivity index (χ1v) is 9.19. The van der Waals surface area contributed by atoms with Gasteiger partial charge in [-0.25, -0.2) is 14.2 Å². The van der Waals surface area contributed by atoms with Crippen molar-refractivity contribution in [3.05, 3.63) is 53.1 Å². The maximum Gasteiger partial charge on any atom is 0.406 e. The van der Waals surface area contributed by atoms with E-state index in [9.17, 15) is 27.2 Å². The smallest absolute Gasteiger partial charge is 0.406 e. The lowest BCUT2D eigenvalue weighted by Crippen LogP contribution is -2.17. The van der Waals surface area contributed by atoms with Gasteiger partial charge in [0.2, 0.25) is 0 Å². The lowest BCUT2D eigenvalue weighted by Gasteiger charge is -2.10. The third-order valence-electron chi connectivity index (χ3n) is 4.46. The van der Waals surface area contributed by atoms with Crippen molar-refractivity contribution in [3.63, 3.8) is 0 Å². The number of methoxy groups -OCH3 is 1. The fourth-order valence-electron chi connectivity index (χ4n) is 3.05. The number of alkyl halides is 3. The van der Waals surface area contributed by atoms with Gasteiger partial charge in [0.25, 0.3) is 5.91 Å². The SMILES string of the molecule is COc1cc(C(=O)O)c(F)cc1NCC#Cc1cc(C(N)=O)c2ncn(CC(F)(F)F)c2c1. The number of aromatic carboxylic acids is 1. The van der Waals surface area contributed by atoms with Crippen molar-refractivity contribution >= 4 is 28.6 Å². The van der Waals surface area contributed by atoms with E-state index in [0.717, 1.165) is 23.0 Å². The van der Waals surface area contributed by atoms with Crippen LogP contribution >= 0.6 is 0 Å². The monoisotopic (exact) mass is 464 g/mol. The van der Waals surface area contributed by atoms with E-state index in [1.54, 1.807) is 0 Å². The molecule has 0 aliphatic rings. The molecule has 0 unspecified atom stereocenters. The minimum absolute atomic E-state index is 0.0224. The number of imidazole rings is 1. The Morgan fingerprint density at radius 3 is 2.58 bits per heavy atom. The Kier molecular flexibility index (Phi) is 6.43. The molecule has 3 aromatic rings. The molecule has 172 valence electrons. The van der Waals surface area contributed by atoms with Crippen molar-refractivity contribution < 1.29 is 37.0 Å². The van der Waals surface area contributed by atoms with Crippen LogP contribution in [0.2, 0.25) is 0 Å². The number of nitrogens with two attached hydrogens (primary N) is 1. The van der Waals surface area contributed by atoms with Gasteiger partial charge in [-0.15, -0.1) is 0 Å². The van der Waals surface area contributed by atoms with Crippen LogP contribution in [-0.4, -0.2) is 46.4 Å². The van der Waals surface area contributed by atoms with Crippen LogP contribution in [0.15, 0.2) is 30.6 Å². The summed E-state index contributed by atoms with van der Waals surface area (Å²) in [6, 6.07) is 4.61. The first kappa shape index (κ1) is 23.4. The zero-order chi connectivity index (χ0) is 24.3. The number of anilines is 1. The molecule has 0 aliphatic carbocycles. The number of hydrogen-bond acceptors (Lipinski definition) is 5. The summed E-state index contributed by atoms with van der Waals surface area (Å²) in [5, 5.41) is 11.7.